The number of hydrogen-bond donors (Lipinski definition) is 1. The van der Waals surface area contributed by atoms with Crippen molar-refractivity contribution in [2.75, 3.05) is 18.7 Å². The van der Waals surface area contributed by atoms with Crippen LogP contribution in [0.2, 0.25) is 5.15 Å². The molecule has 1 amide bonds. The van der Waals surface area contributed by atoms with Gasteiger partial charge in [-0.05, 0) is 31.4 Å². The van der Waals surface area contributed by atoms with E-state index in [0.717, 1.165) is 0 Å². The Hall–Kier alpha value is -2.12. The van der Waals surface area contributed by atoms with Gasteiger partial charge >= 0.3 is 0 Å². The Labute approximate surface area is 148 Å². The first-order chi connectivity index (χ1) is 11.4. The van der Waals surface area contributed by atoms with Gasteiger partial charge in [0.1, 0.15) is 16.7 Å². The van der Waals surface area contributed by atoms with Gasteiger partial charge in [-0.3, -0.25) is 4.79 Å². The highest BCUT2D eigenvalue weighted by atomic mass is 35.5. The fourth-order valence-corrected chi connectivity index (χ4v) is 2.55. The molecule has 0 unspecified atom stereocenters. The lowest BCUT2D eigenvalue weighted by molar-refractivity contribution is 0.100. The summed E-state index contributed by atoms with van der Waals surface area (Å²) in [6.45, 7) is 1.74. The number of benzene rings is 1. The number of carbonyl (C=O) groups is 1. The molecule has 2 rings (SSSR count). The van der Waals surface area contributed by atoms with E-state index in [1.165, 1.54) is 37.1 Å². The third-order valence-electron chi connectivity index (χ3n) is 2.92. The van der Waals surface area contributed by atoms with E-state index in [1.54, 1.807) is 25.3 Å². The van der Waals surface area contributed by atoms with E-state index >= 15 is 0 Å². The van der Waals surface area contributed by atoms with Crippen molar-refractivity contribution in [3.63, 3.8) is 0 Å². The minimum atomic E-state index is -0.470. The van der Waals surface area contributed by atoms with Gasteiger partial charge in [0.2, 0.25) is 0 Å². The standard InChI is InChI=1S/C16H15ClFN3O2S/c1-9-4-10(5-14(17)19-9)15(22)21-16(24-3)20-12-6-11(18)7-13(8-12)23-2/h4-8H,1-3H3,(H,20,21,22). The Morgan fingerprint density at radius 3 is 2.71 bits per heavy atom. The Balaban J connectivity index is 2.25. The van der Waals surface area contributed by atoms with Gasteiger partial charge in [0.25, 0.3) is 5.91 Å². The van der Waals surface area contributed by atoms with Crippen LogP contribution in [0.1, 0.15) is 16.1 Å². The molecule has 126 valence electrons. The second-order valence-corrected chi connectivity index (χ2v) is 5.93. The number of nitrogens with zero attached hydrogens (tertiary/aromatic N) is 2. The fraction of sp³-hybridized carbons (Fsp3) is 0.188. The number of nitrogens with one attached hydrogen (secondary N) is 1. The van der Waals surface area contributed by atoms with Crippen LogP contribution in [0, 0.1) is 12.7 Å². The SMILES string of the molecule is COc1cc(F)cc(N/C(=N/C(=O)c2cc(C)nc(Cl)c2)SC)c1. The number of anilines is 1. The topological polar surface area (TPSA) is 63.6 Å². The number of amidine groups is 1. The van der Waals surface area contributed by atoms with E-state index in [0.29, 0.717) is 27.9 Å². The molecule has 0 spiro atoms. The molecule has 1 aromatic carbocycles. The number of hydrogen-bond acceptors (Lipinski definition) is 4. The van der Waals surface area contributed by atoms with E-state index in [4.69, 9.17) is 16.3 Å². The highest BCUT2D eigenvalue weighted by Crippen LogP contribution is 2.21. The third kappa shape index (κ3) is 4.94. The van der Waals surface area contributed by atoms with Crippen LogP contribution in [0.25, 0.3) is 0 Å². The highest BCUT2D eigenvalue weighted by Gasteiger charge is 2.10. The van der Waals surface area contributed by atoms with E-state index in [-0.39, 0.29) is 5.15 Å². The average molecular weight is 368 g/mol. The molecule has 0 atom stereocenters. The molecule has 0 aliphatic rings. The van der Waals surface area contributed by atoms with E-state index < -0.39 is 11.7 Å². The first-order valence-corrected chi connectivity index (χ1v) is 8.44. The van der Waals surface area contributed by atoms with Gasteiger partial charge < -0.3 is 10.1 Å². The lowest BCUT2D eigenvalue weighted by Gasteiger charge is -2.09. The molecule has 0 bridgehead atoms. The van der Waals surface area contributed by atoms with Crippen LogP contribution < -0.4 is 10.1 Å². The smallest absolute Gasteiger partial charge is 0.279 e. The van der Waals surface area contributed by atoms with Crippen molar-refractivity contribution in [3.05, 3.63) is 52.6 Å². The summed E-state index contributed by atoms with van der Waals surface area (Å²) >= 11 is 7.08. The molecule has 8 heteroatoms. The number of thioether (sulfide) groups is 1. The maximum absolute atomic E-state index is 13.5. The number of ether oxygens (including phenoxy) is 1. The maximum Gasteiger partial charge on any atom is 0.279 e. The Bertz CT molecular complexity index is 779. The number of methoxy groups -OCH3 is 1. The molecule has 1 heterocycles. The number of aliphatic imine (C=N–C) groups is 1. The summed E-state index contributed by atoms with van der Waals surface area (Å²) < 4.78 is 18.5. The van der Waals surface area contributed by atoms with Crippen molar-refractivity contribution in [1.29, 1.82) is 0 Å². The molecule has 1 aromatic heterocycles. The molecular formula is C16H15ClFN3O2S. The van der Waals surface area contributed by atoms with Crippen molar-refractivity contribution < 1.29 is 13.9 Å². The molecule has 2 aromatic rings. The molecule has 0 radical (unpaired) electrons. The molecule has 0 fully saturated rings. The predicted octanol–water partition coefficient (Wildman–Crippen LogP) is 4.16. The van der Waals surface area contributed by atoms with Gasteiger partial charge in [-0.25, -0.2) is 9.37 Å². The van der Waals surface area contributed by atoms with Gasteiger partial charge in [0, 0.05) is 29.1 Å². The Kier molecular flexibility index (Phi) is 6.16. The summed E-state index contributed by atoms with van der Waals surface area (Å²) in [4.78, 5) is 20.3. The summed E-state index contributed by atoms with van der Waals surface area (Å²) in [6.07, 6.45) is 1.75. The lowest BCUT2D eigenvalue weighted by atomic mass is 10.2. The van der Waals surface area contributed by atoms with Gasteiger partial charge in [-0.15, -0.1) is 0 Å². The zero-order valence-electron chi connectivity index (χ0n) is 13.3. The van der Waals surface area contributed by atoms with Crippen LogP contribution in [-0.4, -0.2) is 29.4 Å². The average Bonchev–Trinajstić information content (AvgIpc) is 2.52. The quantitative estimate of drug-likeness (QED) is 0.501. The number of carbonyl (C=O) groups excluding carboxylic acids is 1. The largest absolute Gasteiger partial charge is 0.497 e. The van der Waals surface area contributed by atoms with Crippen LogP contribution in [0.5, 0.6) is 5.75 Å². The van der Waals surface area contributed by atoms with Crippen LogP contribution in [0.4, 0.5) is 10.1 Å². The second kappa shape index (κ2) is 8.12. The summed E-state index contributed by atoms with van der Waals surface area (Å²) in [6, 6.07) is 7.19. The van der Waals surface area contributed by atoms with Crippen LogP contribution in [0.3, 0.4) is 0 Å². The zero-order valence-corrected chi connectivity index (χ0v) is 14.8. The summed E-state index contributed by atoms with van der Waals surface area (Å²) in [5, 5.41) is 3.44. The van der Waals surface area contributed by atoms with Crippen molar-refractivity contribution >= 4 is 40.1 Å². The number of aromatic nitrogens is 1. The molecule has 24 heavy (non-hydrogen) atoms. The predicted molar refractivity (Wildman–Crippen MR) is 95.8 cm³/mol. The van der Waals surface area contributed by atoms with Gasteiger partial charge in [-0.1, -0.05) is 23.4 Å². The monoisotopic (exact) mass is 367 g/mol. The van der Waals surface area contributed by atoms with E-state index in [1.807, 2.05) is 0 Å². The molecule has 5 nitrogen and oxygen atoms in total. The Morgan fingerprint density at radius 2 is 2.08 bits per heavy atom. The number of pyridine rings is 1. The first kappa shape index (κ1) is 18.2. The van der Waals surface area contributed by atoms with Crippen molar-refractivity contribution in [3.8, 4) is 5.75 Å². The lowest BCUT2D eigenvalue weighted by Crippen LogP contribution is -2.11. The first-order valence-electron chi connectivity index (χ1n) is 6.84. The molecule has 0 aliphatic carbocycles. The molecule has 0 aliphatic heterocycles. The molecular weight excluding hydrogens is 353 g/mol. The number of amides is 1. The van der Waals surface area contributed by atoms with Gasteiger partial charge in [0.15, 0.2) is 5.17 Å². The summed E-state index contributed by atoms with van der Waals surface area (Å²) in [5.74, 6) is -0.566. The maximum atomic E-state index is 13.5. The Morgan fingerprint density at radius 1 is 1.33 bits per heavy atom. The van der Waals surface area contributed by atoms with Crippen molar-refractivity contribution in [2.24, 2.45) is 4.99 Å². The minimum Gasteiger partial charge on any atom is -0.497 e. The minimum absolute atomic E-state index is 0.224. The van der Waals surface area contributed by atoms with Crippen LogP contribution >= 0.6 is 23.4 Å². The van der Waals surface area contributed by atoms with Crippen molar-refractivity contribution in [1.82, 2.24) is 4.98 Å². The fourth-order valence-electron chi connectivity index (χ4n) is 1.91. The summed E-state index contributed by atoms with van der Waals surface area (Å²) in [7, 11) is 1.45. The molecule has 0 saturated heterocycles. The van der Waals surface area contributed by atoms with E-state index in [9.17, 15) is 9.18 Å². The molecule has 1 N–H and O–H groups in total. The van der Waals surface area contributed by atoms with Gasteiger partial charge in [0.05, 0.1) is 7.11 Å². The van der Waals surface area contributed by atoms with Crippen LogP contribution in [-0.2, 0) is 0 Å². The number of halogens is 2. The number of aryl methyl sites for hydroxylation is 1. The van der Waals surface area contributed by atoms with Gasteiger partial charge in [-0.2, -0.15) is 4.99 Å². The highest BCUT2D eigenvalue weighted by molar-refractivity contribution is 8.13. The summed E-state index contributed by atoms with van der Waals surface area (Å²) in [5.41, 5.74) is 1.38. The normalized spacial score (nSPS) is 11.3. The van der Waals surface area contributed by atoms with Crippen LogP contribution in [0.15, 0.2) is 35.3 Å². The van der Waals surface area contributed by atoms with Crippen molar-refractivity contribution in [2.45, 2.75) is 6.92 Å². The third-order valence-corrected chi connectivity index (χ3v) is 3.70. The molecule has 0 saturated carbocycles. The van der Waals surface area contributed by atoms with E-state index in [2.05, 4.69) is 15.3 Å². The zero-order chi connectivity index (χ0) is 17.7. The second-order valence-electron chi connectivity index (χ2n) is 4.75. The number of rotatable bonds is 3.